The monoisotopic (exact) mass is 539 g/mol. The van der Waals surface area contributed by atoms with E-state index in [2.05, 4.69) is 15.7 Å². The number of rotatable bonds is 13. The van der Waals surface area contributed by atoms with E-state index in [4.69, 9.17) is 15.2 Å². The van der Waals surface area contributed by atoms with E-state index in [0.717, 1.165) is 11.8 Å². The van der Waals surface area contributed by atoms with Crippen molar-refractivity contribution in [1.29, 1.82) is 0 Å². The molecule has 1 heterocycles. The summed E-state index contributed by atoms with van der Waals surface area (Å²) in [5.74, 6) is -0.953. The fraction of sp³-hybridized carbons (Fsp3) is 0.542. The van der Waals surface area contributed by atoms with Crippen molar-refractivity contribution >= 4 is 22.0 Å². The minimum absolute atomic E-state index is 0.0553. The molecule has 206 valence electrons. The average Bonchev–Trinajstić information content (AvgIpc) is 3.13. The normalized spacial score (nSPS) is 12.8. The number of alkyl carbamates (subject to hydrolysis) is 1. The first-order chi connectivity index (χ1) is 17.2. The lowest BCUT2D eigenvalue weighted by Gasteiger charge is -2.24. The van der Waals surface area contributed by atoms with Crippen LogP contribution in [0.25, 0.3) is 0 Å². The van der Waals surface area contributed by atoms with Crippen LogP contribution < -0.4 is 16.4 Å². The van der Waals surface area contributed by atoms with E-state index in [1.54, 1.807) is 0 Å². The molecule has 0 aliphatic carbocycles. The predicted octanol–water partition coefficient (Wildman–Crippen LogP) is 1.43. The van der Waals surface area contributed by atoms with Gasteiger partial charge in [0.25, 0.3) is 10.0 Å². The molecule has 2 amide bonds. The largest absolute Gasteiger partial charge is 0.493 e. The molecule has 13 heteroatoms. The molecule has 0 radical (unpaired) electrons. The summed E-state index contributed by atoms with van der Waals surface area (Å²) in [7, 11) is -3.99. The number of aromatic nitrogens is 2. The number of nitrogens with one attached hydrogen (secondary N) is 2. The van der Waals surface area contributed by atoms with Crippen LogP contribution in [0.5, 0.6) is 5.88 Å². The van der Waals surface area contributed by atoms with E-state index in [1.807, 2.05) is 44.2 Å². The van der Waals surface area contributed by atoms with Gasteiger partial charge in [-0.2, -0.15) is 5.10 Å². The molecule has 37 heavy (non-hydrogen) atoms. The number of nitrogens with two attached hydrogens (primary N) is 1. The number of hydrogen-bond donors (Lipinski definition) is 4. The van der Waals surface area contributed by atoms with Crippen LogP contribution in [0.1, 0.15) is 50.6 Å². The molecule has 5 N–H and O–H groups in total. The van der Waals surface area contributed by atoms with Crippen molar-refractivity contribution in [3.05, 3.63) is 47.2 Å². The van der Waals surface area contributed by atoms with Crippen LogP contribution in [-0.2, 0) is 37.3 Å². The quantitative estimate of drug-likeness (QED) is 0.293. The zero-order chi connectivity index (χ0) is 27.8. The zero-order valence-corrected chi connectivity index (χ0v) is 22.7. The maximum Gasteiger partial charge on any atom is 0.407 e. The summed E-state index contributed by atoms with van der Waals surface area (Å²) in [6, 6.07) is 8.36. The third kappa shape index (κ3) is 9.34. The van der Waals surface area contributed by atoms with Crippen LogP contribution in [0.15, 0.2) is 30.3 Å². The molecular formula is C24H37N5O7S. The summed E-state index contributed by atoms with van der Waals surface area (Å²) in [5.41, 5.74) is 5.72. The summed E-state index contributed by atoms with van der Waals surface area (Å²) >= 11 is 0. The Bertz CT molecular complexity index is 1160. The highest BCUT2D eigenvalue weighted by atomic mass is 32.2. The lowest BCUT2D eigenvalue weighted by atomic mass is 10.0. The lowest BCUT2D eigenvalue weighted by molar-refractivity contribution is -0.126. The second kappa shape index (κ2) is 12.9. The standard InChI is InChI=1S/C24H37N5O7S/c1-16(2)13-26-23(32)36-12-11-18-20(28-29(21(18)30)37(5,33)34)19(27-22(31)24(3,4)25)15-35-14-17-9-7-6-8-10-17/h6-10,16,19,30H,11-15,25H2,1-5H3,(H,26,32)(H,27,31). The van der Waals surface area contributed by atoms with Crippen LogP contribution >= 0.6 is 0 Å². The molecule has 1 aromatic carbocycles. The molecule has 0 aliphatic rings. The lowest BCUT2D eigenvalue weighted by Crippen LogP contribution is -2.50. The summed E-state index contributed by atoms with van der Waals surface area (Å²) in [6.45, 7) is 7.26. The minimum Gasteiger partial charge on any atom is -0.493 e. The molecular weight excluding hydrogens is 502 g/mol. The SMILES string of the molecule is CC(C)CNC(=O)OCCc1c(C(COCc2ccccc2)NC(=O)C(C)(C)N)nn(S(C)(=O)=O)c1O. The van der Waals surface area contributed by atoms with E-state index in [1.165, 1.54) is 13.8 Å². The van der Waals surface area contributed by atoms with Crippen LogP contribution in [0.2, 0.25) is 0 Å². The molecule has 2 aromatic rings. The summed E-state index contributed by atoms with van der Waals surface area (Å²) < 4.78 is 36.0. The number of carbonyl (C=O) groups is 2. The Morgan fingerprint density at radius 1 is 1.22 bits per heavy atom. The van der Waals surface area contributed by atoms with Crippen molar-refractivity contribution < 1.29 is 32.6 Å². The Balaban J connectivity index is 2.33. The molecule has 1 unspecified atom stereocenters. The molecule has 0 fully saturated rings. The summed E-state index contributed by atoms with van der Waals surface area (Å²) in [4.78, 5) is 24.7. The van der Waals surface area contributed by atoms with E-state index >= 15 is 0 Å². The minimum atomic E-state index is -3.99. The van der Waals surface area contributed by atoms with E-state index < -0.39 is 39.5 Å². The molecule has 1 aromatic heterocycles. The molecule has 0 aliphatic heterocycles. The average molecular weight is 540 g/mol. The third-order valence-corrected chi connectivity index (χ3v) is 6.01. The first kappa shape index (κ1) is 30.1. The maximum atomic E-state index is 12.7. The van der Waals surface area contributed by atoms with Gasteiger partial charge in [-0.3, -0.25) is 4.79 Å². The van der Waals surface area contributed by atoms with Crippen molar-refractivity contribution in [3.8, 4) is 5.88 Å². The second-order valence-electron chi connectivity index (χ2n) is 9.70. The molecule has 0 spiro atoms. The van der Waals surface area contributed by atoms with Gasteiger partial charge in [-0.1, -0.05) is 44.2 Å². The number of aromatic hydroxyl groups is 1. The van der Waals surface area contributed by atoms with E-state index in [-0.39, 0.29) is 43.4 Å². The fourth-order valence-electron chi connectivity index (χ4n) is 3.17. The van der Waals surface area contributed by atoms with Gasteiger partial charge in [-0.05, 0) is 25.3 Å². The number of carbonyl (C=O) groups excluding carboxylic acids is 2. The molecule has 2 rings (SSSR count). The Morgan fingerprint density at radius 2 is 1.86 bits per heavy atom. The van der Waals surface area contributed by atoms with E-state index in [9.17, 15) is 23.1 Å². The van der Waals surface area contributed by atoms with Gasteiger partial charge in [-0.25, -0.2) is 13.2 Å². The van der Waals surface area contributed by atoms with Crippen LogP contribution in [-0.4, -0.2) is 66.3 Å². The van der Waals surface area contributed by atoms with Crippen molar-refractivity contribution in [3.63, 3.8) is 0 Å². The highest BCUT2D eigenvalue weighted by molar-refractivity contribution is 7.89. The Hall–Kier alpha value is -3.16. The highest BCUT2D eigenvalue weighted by Crippen LogP contribution is 2.29. The molecule has 0 saturated heterocycles. The van der Waals surface area contributed by atoms with Crippen molar-refractivity contribution in [2.24, 2.45) is 11.7 Å². The third-order valence-electron chi connectivity index (χ3n) is 5.13. The first-order valence-electron chi connectivity index (χ1n) is 11.8. The summed E-state index contributed by atoms with van der Waals surface area (Å²) in [5, 5.41) is 20.1. The zero-order valence-electron chi connectivity index (χ0n) is 21.9. The number of hydrogen-bond acceptors (Lipinski definition) is 9. The Kier molecular flexibility index (Phi) is 10.5. The van der Waals surface area contributed by atoms with Crippen molar-refractivity contribution in [1.82, 2.24) is 19.8 Å². The van der Waals surface area contributed by atoms with Crippen LogP contribution in [0, 0.1) is 5.92 Å². The smallest absolute Gasteiger partial charge is 0.407 e. The number of nitrogens with zero attached hydrogens (tertiary/aromatic N) is 2. The van der Waals surface area contributed by atoms with Gasteiger partial charge >= 0.3 is 6.09 Å². The van der Waals surface area contributed by atoms with Crippen molar-refractivity contribution in [2.45, 2.75) is 52.3 Å². The molecule has 12 nitrogen and oxygen atoms in total. The highest BCUT2D eigenvalue weighted by Gasteiger charge is 2.32. The second-order valence-corrected chi connectivity index (χ2v) is 11.5. The number of benzene rings is 1. The van der Waals surface area contributed by atoms with Gasteiger partial charge in [0.15, 0.2) is 0 Å². The van der Waals surface area contributed by atoms with Gasteiger partial charge in [0.2, 0.25) is 11.8 Å². The van der Waals surface area contributed by atoms with Gasteiger partial charge < -0.3 is 30.9 Å². The van der Waals surface area contributed by atoms with E-state index in [0.29, 0.717) is 10.6 Å². The van der Waals surface area contributed by atoms with Gasteiger partial charge in [0.05, 0.1) is 43.4 Å². The van der Waals surface area contributed by atoms with Gasteiger partial charge in [-0.15, -0.1) is 4.09 Å². The number of amides is 2. The first-order valence-corrected chi connectivity index (χ1v) is 13.7. The van der Waals surface area contributed by atoms with Gasteiger partial charge in [0, 0.05) is 18.5 Å². The Labute approximate surface area is 217 Å². The number of ether oxygens (including phenoxy) is 2. The summed E-state index contributed by atoms with van der Waals surface area (Å²) in [6.07, 6.45) is 0.167. The topological polar surface area (TPSA) is 175 Å². The molecule has 0 saturated carbocycles. The fourth-order valence-corrected chi connectivity index (χ4v) is 3.83. The molecule has 0 bridgehead atoms. The molecule has 1 atom stereocenters. The van der Waals surface area contributed by atoms with Crippen molar-refractivity contribution in [2.75, 3.05) is 26.0 Å². The maximum absolute atomic E-state index is 12.7. The Morgan fingerprint density at radius 3 is 2.43 bits per heavy atom. The van der Waals surface area contributed by atoms with Gasteiger partial charge in [0.1, 0.15) is 0 Å². The van der Waals surface area contributed by atoms with Crippen LogP contribution in [0.4, 0.5) is 4.79 Å². The predicted molar refractivity (Wildman–Crippen MR) is 137 cm³/mol. The van der Waals surface area contributed by atoms with Crippen LogP contribution in [0.3, 0.4) is 0 Å².